The van der Waals surface area contributed by atoms with Crippen LogP contribution in [0.25, 0.3) is 0 Å². The van der Waals surface area contributed by atoms with Crippen molar-refractivity contribution in [3.63, 3.8) is 0 Å². The van der Waals surface area contributed by atoms with E-state index in [1.165, 1.54) is 0 Å². The minimum absolute atomic E-state index is 0.0792. The lowest BCUT2D eigenvalue weighted by Crippen LogP contribution is -2.36. The summed E-state index contributed by atoms with van der Waals surface area (Å²) in [6.45, 7) is 7.35. The van der Waals surface area contributed by atoms with Gasteiger partial charge in [0, 0.05) is 12.1 Å². The number of aryl methyl sites for hydroxylation is 3. The Hall–Kier alpha value is -2.63. The molecule has 0 saturated carbocycles. The van der Waals surface area contributed by atoms with Crippen LogP contribution in [0, 0.1) is 26.7 Å². The highest BCUT2D eigenvalue weighted by Gasteiger charge is 2.25. The van der Waals surface area contributed by atoms with E-state index in [2.05, 4.69) is 10.5 Å². The van der Waals surface area contributed by atoms with Gasteiger partial charge < -0.3 is 14.9 Å². The number of hydrogen-bond donors (Lipinski definition) is 2. The summed E-state index contributed by atoms with van der Waals surface area (Å²) in [6.07, 6.45) is 0.372. The van der Waals surface area contributed by atoms with Gasteiger partial charge in [-0.2, -0.15) is 0 Å². The molecular formula is C19H24N2O4. The van der Waals surface area contributed by atoms with Gasteiger partial charge in [0.1, 0.15) is 5.76 Å². The first-order valence-electron chi connectivity index (χ1n) is 8.28. The maximum atomic E-state index is 12.4. The van der Waals surface area contributed by atoms with Gasteiger partial charge >= 0.3 is 5.97 Å². The van der Waals surface area contributed by atoms with Gasteiger partial charge in [0.2, 0.25) is 5.91 Å². The number of carbonyl (C=O) groups excluding carboxylic acids is 1. The van der Waals surface area contributed by atoms with Gasteiger partial charge in [0.05, 0.1) is 17.5 Å². The second kappa shape index (κ2) is 7.96. The maximum Gasteiger partial charge on any atom is 0.308 e. The molecular weight excluding hydrogens is 320 g/mol. The van der Waals surface area contributed by atoms with E-state index >= 15 is 0 Å². The third kappa shape index (κ3) is 4.68. The van der Waals surface area contributed by atoms with Crippen molar-refractivity contribution in [1.29, 1.82) is 0 Å². The number of nitrogens with zero attached hydrogens (tertiary/aromatic N) is 1. The number of aliphatic carboxylic acids is 1. The predicted octanol–water partition coefficient (Wildman–Crippen LogP) is 2.76. The van der Waals surface area contributed by atoms with Crippen LogP contribution in [0.2, 0.25) is 0 Å². The smallest absolute Gasteiger partial charge is 0.308 e. The molecule has 1 aromatic heterocycles. The van der Waals surface area contributed by atoms with E-state index in [0.29, 0.717) is 17.9 Å². The average molecular weight is 344 g/mol. The summed E-state index contributed by atoms with van der Waals surface area (Å²) in [5, 5.41) is 16.1. The molecule has 0 saturated heterocycles. The van der Waals surface area contributed by atoms with Gasteiger partial charge in [-0.1, -0.05) is 35.0 Å². The maximum absolute atomic E-state index is 12.4. The van der Waals surface area contributed by atoms with E-state index in [-0.39, 0.29) is 12.5 Å². The molecule has 1 aromatic carbocycles. The van der Waals surface area contributed by atoms with Crippen LogP contribution in [0.4, 0.5) is 0 Å². The standard InChI is InChI=1S/C19H24N2O4/c1-11-6-5-7-15(8-11)9-16(19(23)24)10-20-18(22)12(2)17-13(3)21-25-14(17)4/h5-8,12,16H,9-10H2,1-4H3,(H,20,22)(H,23,24)/t12-,16-/m0/s1. The lowest BCUT2D eigenvalue weighted by molar-refractivity contribution is -0.141. The predicted molar refractivity (Wildman–Crippen MR) is 93.4 cm³/mol. The molecule has 6 nitrogen and oxygen atoms in total. The topological polar surface area (TPSA) is 92.4 Å². The van der Waals surface area contributed by atoms with Crippen LogP contribution in [0.15, 0.2) is 28.8 Å². The number of benzene rings is 1. The van der Waals surface area contributed by atoms with Crippen molar-refractivity contribution in [3.8, 4) is 0 Å². The monoisotopic (exact) mass is 344 g/mol. The highest BCUT2D eigenvalue weighted by atomic mass is 16.5. The van der Waals surface area contributed by atoms with E-state index in [1.807, 2.05) is 31.2 Å². The molecule has 0 aliphatic heterocycles. The molecule has 2 aromatic rings. The van der Waals surface area contributed by atoms with Crippen LogP contribution >= 0.6 is 0 Å². The molecule has 134 valence electrons. The molecule has 0 radical (unpaired) electrons. The molecule has 2 atom stereocenters. The molecule has 25 heavy (non-hydrogen) atoms. The van der Waals surface area contributed by atoms with Crippen LogP contribution in [-0.4, -0.2) is 28.7 Å². The highest BCUT2D eigenvalue weighted by Crippen LogP contribution is 2.23. The number of nitrogens with one attached hydrogen (secondary N) is 1. The average Bonchev–Trinajstić information content (AvgIpc) is 2.89. The van der Waals surface area contributed by atoms with Gasteiger partial charge in [-0.05, 0) is 39.7 Å². The zero-order valence-electron chi connectivity index (χ0n) is 15.0. The first kappa shape index (κ1) is 18.7. The summed E-state index contributed by atoms with van der Waals surface area (Å²) in [4.78, 5) is 23.9. The number of hydrogen-bond acceptors (Lipinski definition) is 4. The summed E-state index contributed by atoms with van der Waals surface area (Å²) in [5.74, 6) is -1.67. The summed E-state index contributed by atoms with van der Waals surface area (Å²) in [7, 11) is 0. The van der Waals surface area contributed by atoms with Crippen LogP contribution in [0.1, 0.15) is 41.0 Å². The quantitative estimate of drug-likeness (QED) is 0.806. The molecule has 0 unspecified atom stereocenters. The van der Waals surface area contributed by atoms with Crippen molar-refractivity contribution in [2.75, 3.05) is 6.54 Å². The van der Waals surface area contributed by atoms with Gasteiger partial charge in [-0.3, -0.25) is 9.59 Å². The third-order valence-corrected chi connectivity index (χ3v) is 4.35. The molecule has 6 heteroatoms. The summed E-state index contributed by atoms with van der Waals surface area (Å²) in [6, 6.07) is 7.73. The van der Waals surface area contributed by atoms with Crippen molar-refractivity contribution < 1.29 is 19.2 Å². The van der Waals surface area contributed by atoms with Crippen molar-refractivity contribution in [1.82, 2.24) is 10.5 Å². The molecule has 0 bridgehead atoms. The number of aromatic nitrogens is 1. The fraction of sp³-hybridized carbons (Fsp3) is 0.421. The summed E-state index contributed by atoms with van der Waals surface area (Å²) < 4.78 is 5.10. The van der Waals surface area contributed by atoms with E-state index < -0.39 is 17.8 Å². The largest absolute Gasteiger partial charge is 0.481 e. The molecule has 1 amide bonds. The van der Waals surface area contributed by atoms with Crippen LogP contribution < -0.4 is 5.32 Å². The Morgan fingerprint density at radius 1 is 1.28 bits per heavy atom. The van der Waals surface area contributed by atoms with E-state index in [1.54, 1.807) is 20.8 Å². The van der Waals surface area contributed by atoms with Crippen LogP contribution in [0.3, 0.4) is 0 Å². The van der Waals surface area contributed by atoms with E-state index in [9.17, 15) is 14.7 Å². The second-order valence-corrected chi connectivity index (χ2v) is 6.43. The number of amides is 1. The Bertz CT molecular complexity index is 747. The first-order valence-corrected chi connectivity index (χ1v) is 8.28. The van der Waals surface area contributed by atoms with Crippen molar-refractivity contribution in [2.24, 2.45) is 5.92 Å². The van der Waals surface area contributed by atoms with Gasteiger partial charge in [-0.25, -0.2) is 0 Å². The Labute approximate surface area is 147 Å². The van der Waals surface area contributed by atoms with E-state index in [0.717, 1.165) is 16.7 Å². The molecule has 0 aliphatic carbocycles. The number of rotatable bonds is 7. The molecule has 2 N–H and O–H groups in total. The zero-order valence-corrected chi connectivity index (χ0v) is 15.0. The Morgan fingerprint density at radius 3 is 2.56 bits per heavy atom. The normalized spacial score (nSPS) is 13.3. The Balaban J connectivity index is 2.01. The minimum Gasteiger partial charge on any atom is -0.481 e. The second-order valence-electron chi connectivity index (χ2n) is 6.43. The van der Waals surface area contributed by atoms with E-state index in [4.69, 9.17) is 4.52 Å². The number of carboxylic acid groups (broad SMARTS) is 1. The summed E-state index contributed by atoms with van der Waals surface area (Å²) >= 11 is 0. The molecule has 0 fully saturated rings. The van der Waals surface area contributed by atoms with Gasteiger partial charge in [0.25, 0.3) is 0 Å². The fourth-order valence-electron chi connectivity index (χ4n) is 2.99. The SMILES string of the molecule is Cc1cccc(C[C@@H](CNC(=O)[C@@H](C)c2c(C)noc2C)C(=O)O)c1. The molecule has 2 rings (SSSR count). The fourth-order valence-corrected chi connectivity index (χ4v) is 2.99. The minimum atomic E-state index is -0.924. The number of carboxylic acids is 1. The van der Waals surface area contributed by atoms with Gasteiger partial charge in [-0.15, -0.1) is 0 Å². The first-order chi connectivity index (χ1) is 11.8. The Morgan fingerprint density at radius 2 is 2.00 bits per heavy atom. The van der Waals surface area contributed by atoms with Crippen LogP contribution in [0.5, 0.6) is 0 Å². The van der Waals surface area contributed by atoms with Gasteiger partial charge in [0.15, 0.2) is 0 Å². The number of carbonyl (C=O) groups is 2. The van der Waals surface area contributed by atoms with Crippen LogP contribution in [-0.2, 0) is 16.0 Å². The summed E-state index contributed by atoms with van der Waals surface area (Å²) in [5.41, 5.74) is 3.45. The Kier molecular flexibility index (Phi) is 5.96. The molecule has 1 heterocycles. The lowest BCUT2D eigenvalue weighted by Gasteiger charge is -2.16. The van der Waals surface area contributed by atoms with Crippen molar-refractivity contribution >= 4 is 11.9 Å². The third-order valence-electron chi connectivity index (χ3n) is 4.35. The zero-order chi connectivity index (χ0) is 18.6. The van der Waals surface area contributed by atoms with Crippen molar-refractivity contribution in [3.05, 3.63) is 52.4 Å². The highest BCUT2D eigenvalue weighted by molar-refractivity contribution is 5.84. The lowest BCUT2D eigenvalue weighted by atomic mass is 9.96. The molecule has 0 aliphatic rings. The van der Waals surface area contributed by atoms with Crippen molar-refractivity contribution in [2.45, 2.75) is 40.0 Å². The molecule has 0 spiro atoms.